The summed E-state index contributed by atoms with van der Waals surface area (Å²) in [5.41, 5.74) is 2.62. The smallest absolute Gasteiger partial charge is 0.0626 e. The molecule has 16 heavy (non-hydrogen) atoms. The summed E-state index contributed by atoms with van der Waals surface area (Å²) >= 11 is 6.02. The lowest BCUT2D eigenvalue weighted by molar-refractivity contribution is 0.195. The van der Waals surface area contributed by atoms with E-state index in [9.17, 15) is 0 Å². The minimum absolute atomic E-state index is 0.106. The highest BCUT2D eigenvalue weighted by Crippen LogP contribution is 2.04. The van der Waals surface area contributed by atoms with Crippen LogP contribution in [0.2, 0.25) is 0 Å². The first-order valence-corrected chi connectivity index (χ1v) is 6.05. The van der Waals surface area contributed by atoms with Gasteiger partial charge in [-0.15, -0.1) is 11.6 Å². The maximum Gasteiger partial charge on any atom is 0.0626 e. The first kappa shape index (κ1) is 13.5. The molecule has 1 N–H and O–H groups in total. The third-order valence-electron chi connectivity index (χ3n) is 2.39. The van der Waals surface area contributed by atoms with Crippen LogP contribution in [0.5, 0.6) is 0 Å². The number of ether oxygens (including phenoxy) is 1. The predicted molar refractivity (Wildman–Crippen MR) is 69.0 cm³/mol. The van der Waals surface area contributed by atoms with Crippen molar-refractivity contribution in [1.29, 1.82) is 0 Å². The van der Waals surface area contributed by atoms with E-state index in [0.29, 0.717) is 6.61 Å². The monoisotopic (exact) mass is 241 g/mol. The van der Waals surface area contributed by atoms with Gasteiger partial charge in [-0.25, -0.2) is 0 Å². The Morgan fingerprint density at radius 2 is 2.25 bits per heavy atom. The van der Waals surface area contributed by atoms with Gasteiger partial charge in [0.25, 0.3) is 0 Å². The molecule has 0 aliphatic rings. The molecule has 3 heteroatoms. The van der Waals surface area contributed by atoms with Crippen molar-refractivity contribution in [2.24, 2.45) is 0 Å². The molecular weight excluding hydrogens is 222 g/mol. The molecule has 1 unspecified atom stereocenters. The summed E-state index contributed by atoms with van der Waals surface area (Å²) in [6.45, 7) is 4.55. The number of halogens is 1. The van der Waals surface area contributed by atoms with E-state index in [4.69, 9.17) is 16.3 Å². The zero-order valence-electron chi connectivity index (χ0n) is 10.0. The molecule has 0 heterocycles. The van der Waals surface area contributed by atoms with Crippen LogP contribution in [0.25, 0.3) is 0 Å². The summed E-state index contributed by atoms with van der Waals surface area (Å²) < 4.78 is 4.97. The summed E-state index contributed by atoms with van der Waals surface area (Å²) in [7, 11) is 1.68. The third kappa shape index (κ3) is 5.50. The van der Waals surface area contributed by atoms with Crippen LogP contribution >= 0.6 is 11.6 Å². The second-order valence-corrected chi connectivity index (χ2v) is 4.62. The maximum atomic E-state index is 6.02. The minimum Gasteiger partial charge on any atom is -0.383 e. The number of benzene rings is 1. The highest BCUT2D eigenvalue weighted by Gasteiger charge is 2.02. The van der Waals surface area contributed by atoms with Crippen LogP contribution in [-0.4, -0.2) is 25.6 Å². The molecule has 2 nitrogen and oxygen atoms in total. The molecule has 1 aromatic rings. The van der Waals surface area contributed by atoms with Crippen LogP contribution in [0, 0.1) is 6.92 Å². The van der Waals surface area contributed by atoms with E-state index in [-0.39, 0.29) is 5.38 Å². The fourth-order valence-corrected chi connectivity index (χ4v) is 1.81. The van der Waals surface area contributed by atoms with Crippen LogP contribution in [0.4, 0.5) is 0 Å². The molecular formula is C13H20ClNO. The molecule has 0 spiro atoms. The Kier molecular flexibility index (Phi) is 6.46. The average molecular weight is 242 g/mol. The fourth-order valence-electron chi connectivity index (χ4n) is 1.58. The van der Waals surface area contributed by atoms with E-state index in [2.05, 4.69) is 36.5 Å². The highest BCUT2D eigenvalue weighted by atomic mass is 35.5. The first-order valence-electron chi connectivity index (χ1n) is 5.61. The third-order valence-corrected chi connectivity index (χ3v) is 2.74. The normalized spacial score (nSPS) is 12.7. The summed E-state index contributed by atoms with van der Waals surface area (Å²) in [6.07, 6.45) is 0.932. The number of methoxy groups -OCH3 is 1. The van der Waals surface area contributed by atoms with Gasteiger partial charge in [0.1, 0.15) is 0 Å². The standard InChI is InChI=1S/C13H20ClNO/c1-11-4-3-5-12(8-11)9-15-7-6-13(14)10-16-2/h3-5,8,13,15H,6-7,9-10H2,1-2H3. The lowest BCUT2D eigenvalue weighted by Crippen LogP contribution is -2.20. The molecule has 0 saturated carbocycles. The zero-order valence-corrected chi connectivity index (χ0v) is 10.8. The summed E-state index contributed by atoms with van der Waals surface area (Å²) in [6, 6.07) is 8.52. The van der Waals surface area contributed by atoms with Gasteiger partial charge in [-0.1, -0.05) is 29.8 Å². The Hall–Kier alpha value is -0.570. The number of aryl methyl sites for hydroxylation is 1. The van der Waals surface area contributed by atoms with Gasteiger partial charge in [0.2, 0.25) is 0 Å². The van der Waals surface area contributed by atoms with E-state index in [1.54, 1.807) is 7.11 Å². The second kappa shape index (κ2) is 7.66. The van der Waals surface area contributed by atoms with Crippen molar-refractivity contribution in [3.8, 4) is 0 Å². The molecule has 1 atom stereocenters. The van der Waals surface area contributed by atoms with Gasteiger partial charge in [0.05, 0.1) is 12.0 Å². The average Bonchev–Trinajstić information content (AvgIpc) is 2.25. The molecule has 0 aromatic heterocycles. The van der Waals surface area contributed by atoms with Crippen LogP contribution in [0.3, 0.4) is 0 Å². The summed E-state index contributed by atoms with van der Waals surface area (Å²) in [5.74, 6) is 0. The topological polar surface area (TPSA) is 21.3 Å². The van der Waals surface area contributed by atoms with Crippen molar-refractivity contribution in [2.75, 3.05) is 20.3 Å². The number of rotatable bonds is 7. The van der Waals surface area contributed by atoms with Crippen LogP contribution < -0.4 is 5.32 Å². The maximum absolute atomic E-state index is 6.02. The molecule has 1 aromatic carbocycles. The molecule has 0 bridgehead atoms. The van der Waals surface area contributed by atoms with Crippen LogP contribution in [0.15, 0.2) is 24.3 Å². The Morgan fingerprint density at radius 3 is 2.94 bits per heavy atom. The Balaban J connectivity index is 2.16. The highest BCUT2D eigenvalue weighted by molar-refractivity contribution is 6.20. The van der Waals surface area contributed by atoms with Gasteiger partial charge in [0, 0.05) is 13.7 Å². The molecule has 0 saturated heterocycles. The van der Waals surface area contributed by atoms with Gasteiger partial charge in [-0.05, 0) is 25.5 Å². The van der Waals surface area contributed by atoms with Crippen molar-refractivity contribution in [3.05, 3.63) is 35.4 Å². The molecule has 90 valence electrons. The van der Waals surface area contributed by atoms with Gasteiger partial charge in [0.15, 0.2) is 0 Å². The van der Waals surface area contributed by atoms with Gasteiger partial charge >= 0.3 is 0 Å². The second-order valence-electron chi connectivity index (χ2n) is 4.01. The van der Waals surface area contributed by atoms with E-state index in [1.807, 2.05) is 0 Å². The van der Waals surface area contributed by atoms with E-state index >= 15 is 0 Å². The minimum atomic E-state index is 0.106. The van der Waals surface area contributed by atoms with E-state index in [1.165, 1.54) is 11.1 Å². The predicted octanol–water partition coefficient (Wildman–Crippen LogP) is 2.73. The lowest BCUT2D eigenvalue weighted by atomic mass is 10.1. The number of hydrogen-bond donors (Lipinski definition) is 1. The molecule has 0 amide bonds. The summed E-state index contributed by atoms with van der Waals surface area (Å²) in [4.78, 5) is 0. The van der Waals surface area contributed by atoms with Crippen molar-refractivity contribution in [1.82, 2.24) is 5.32 Å². The number of nitrogens with one attached hydrogen (secondary N) is 1. The van der Waals surface area contributed by atoms with Crippen molar-refractivity contribution < 1.29 is 4.74 Å². The number of hydrogen-bond acceptors (Lipinski definition) is 2. The zero-order chi connectivity index (χ0) is 11.8. The molecule has 1 rings (SSSR count). The van der Waals surface area contributed by atoms with E-state index < -0.39 is 0 Å². The quantitative estimate of drug-likeness (QED) is 0.586. The molecule has 0 aliphatic carbocycles. The Morgan fingerprint density at radius 1 is 1.44 bits per heavy atom. The van der Waals surface area contributed by atoms with E-state index in [0.717, 1.165) is 19.5 Å². The summed E-state index contributed by atoms with van der Waals surface area (Å²) in [5, 5.41) is 3.48. The van der Waals surface area contributed by atoms with Gasteiger partial charge < -0.3 is 10.1 Å². The SMILES string of the molecule is COCC(Cl)CCNCc1cccc(C)c1. The molecule has 0 fully saturated rings. The lowest BCUT2D eigenvalue weighted by Gasteiger charge is -2.09. The van der Waals surface area contributed by atoms with Crippen LogP contribution in [0.1, 0.15) is 17.5 Å². The first-order chi connectivity index (χ1) is 7.72. The van der Waals surface area contributed by atoms with Gasteiger partial charge in [-0.2, -0.15) is 0 Å². The van der Waals surface area contributed by atoms with Crippen molar-refractivity contribution >= 4 is 11.6 Å². The van der Waals surface area contributed by atoms with Crippen molar-refractivity contribution in [2.45, 2.75) is 25.3 Å². The molecule has 0 aliphatic heterocycles. The molecule has 0 radical (unpaired) electrons. The Labute approximate surface area is 103 Å². The fraction of sp³-hybridized carbons (Fsp3) is 0.538. The van der Waals surface area contributed by atoms with Crippen LogP contribution in [-0.2, 0) is 11.3 Å². The largest absolute Gasteiger partial charge is 0.383 e. The number of alkyl halides is 1. The van der Waals surface area contributed by atoms with Crippen molar-refractivity contribution in [3.63, 3.8) is 0 Å². The Bertz CT molecular complexity index is 304. The van der Waals surface area contributed by atoms with Gasteiger partial charge in [-0.3, -0.25) is 0 Å².